The third-order valence-electron chi connectivity index (χ3n) is 5.15. The summed E-state index contributed by atoms with van der Waals surface area (Å²) < 4.78 is 3.80. The molecule has 5 rings (SSSR count). The molecule has 1 aliphatic heterocycles. The van der Waals surface area contributed by atoms with Crippen LogP contribution in [0.2, 0.25) is 0 Å². The first-order valence-electron chi connectivity index (χ1n) is 8.82. The number of fused-ring (bicyclic) bond motifs is 2. The number of pyridine rings is 1. The topological polar surface area (TPSA) is 77.6 Å². The summed E-state index contributed by atoms with van der Waals surface area (Å²) in [7, 11) is 3.84. The summed E-state index contributed by atoms with van der Waals surface area (Å²) in [5.41, 5.74) is 4.72. The maximum absolute atomic E-state index is 12.4. The number of carbonyl (C=O) groups is 1. The van der Waals surface area contributed by atoms with Crippen molar-refractivity contribution in [1.29, 1.82) is 0 Å². The molecule has 1 amide bonds. The van der Waals surface area contributed by atoms with Crippen molar-refractivity contribution in [2.45, 2.75) is 12.3 Å². The van der Waals surface area contributed by atoms with Gasteiger partial charge in [0.15, 0.2) is 0 Å². The highest BCUT2D eigenvalue weighted by Gasteiger charge is 2.35. The van der Waals surface area contributed by atoms with Gasteiger partial charge in [-0.25, -0.2) is 4.98 Å². The summed E-state index contributed by atoms with van der Waals surface area (Å²) in [4.78, 5) is 21.5. The van der Waals surface area contributed by atoms with Crippen molar-refractivity contribution in [1.82, 2.24) is 24.3 Å². The number of aromatic nitrogens is 5. The average molecular weight is 358 g/mol. The van der Waals surface area contributed by atoms with Crippen LogP contribution in [0.5, 0.6) is 0 Å². The van der Waals surface area contributed by atoms with E-state index >= 15 is 0 Å². The van der Waals surface area contributed by atoms with E-state index in [-0.39, 0.29) is 11.8 Å². The van der Waals surface area contributed by atoms with E-state index in [1.165, 1.54) is 0 Å². The lowest BCUT2D eigenvalue weighted by Crippen LogP contribution is -2.26. The second kappa shape index (κ2) is 5.77. The number of hydrogen-bond donors (Lipinski definition) is 1. The van der Waals surface area contributed by atoms with Crippen molar-refractivity contribution >= 4 is 22.8 Å². The van der Waals surface area contributed by atoms with Crippen LogP contribution in [-0.2, 0) is 18.9 Å². The first kappa shape index (κ1) is 15.7. The van der Waals surface area contributed by atoms with Gasteiger partial charge in [-0.1, -0.05) is 12.1 Å². The minimum Gasteiger partial charge on any atom is -0.331 e. The largest absolute Gasteiger partial charge is 0.331 e. The summed E-state index contributed by atoms with van der Waals surface area (Å²) in [6.45, 7) is 0. The van der Waals surface area contributed by atoms with Crippen LogP contribution in [0.3, 0.4) is 0 Å². The molecule has 0 saturated carbocycles. The third-order valence-corrected chi connectivity index (χ3v) is 5.15. The summed E-state index contributed by atoms with van der Waals surface area (Å²) >= 11 is 0. The third kappa shape index (κ3) is 2.35. The van der Waals surface area contributed by atoms with E-state index in [1.54, 1.807) is 17.1 Å². The number of amides is 1. The maximum atomic E-state index is 12.4. The Hall–Kier alpha value is -3.48. The van der Waals surface area contributed by atoms with Gasteiger partial charge in [0.1, 0.15) is 11.6 Å². The van der Waals surface area contributed by atoms with E-state index < -0.39 is 0 Å². The molecule has 0 bridgehead atoms. The second-order valence-corrected chi connectivity index (χ2v) is 6.80. The van der Waals surface area contributed by atoms with Crippen molar-refractivity contribution in [3.63, 3.8) is 0 Å². The number of carbonyl (C=O) groups excluding carboxylic acids is 1. The molecule has 4 aromatic rings. The summed E-state index contributed by atoms with van der Waals surface area (Å²) in [6, 6.07) is 11.9. The predicted octanol–water partition coefficient (Wildman–Crippen LogP) is 2.84. The van der Waals surface area contributed by atoms with E-state index in [2.05, 4.69) is 20.0 Å². The van der Waals surface area contributed by atoms with Crippen LogP contribution < -0.4 is 5.32 Å². The molecule has 1 unspecified atom stereocenters. The highest BCUT2D eigenvalue weighted by atomic mass is 16.1. The van der Waals surface area contributed by atoms with Crippen LogP contribution in [-0.4, -0.2) is 30.2 Å². The molecule has 27 heavy (non-hydrogen) atoms. The molecule has 1 aliphatic rings. The number of benzene rings is 1. The minimum absolute atomic E-state index is 0.0275. The van der Waals surface area contributed by atoms with Crippen molar-refractivity contribution in [3.05, 3.63) is 60.2 Å². The van der Waals surface area contributed by atoms with Gasteiger partial charge in [-0.3, -0.25) is 14.5 Å². The lowest BCUT2D eigenvalue weighted by molar-refractivity contribution is -0.116. The van der Waals surface area contributed by atoms with Gasteiger partial charge in [0.05, 0.1) is 22.6 Å². The number of imidazole rings is 1. The fourth-order valence-electron chi connectivity index (χ4n) is 3.90. The Labute approximate surface area is 155 Å². The number of rotatable bonds is 2. The Balaban J connectivity index is 1.76. The number of nitrogens with zero attached hydrogens (tertiary/aromatic N) is 5. The molecule has 3 aromatic heterocycles. The monoisotopic (exact) mass is 358 g/mol. The normalized spacial score (nSPS) is 16.4. The van der Waals surface area contributed by atoms with Crippen molar-refractivity contribution in [2.75, 3.05) is 5.32 Å². The van der Waals surface area contributed by atoms with Crippen LogP contribution >= 0.6 is 0 Å². The summed E-state index contributed by atoms with van der Waals surface area (Å²) in [6.07, 6.45) is 3.87. The van der Waals surface area contributed by atoms with E-state index in [0.29, 0.717) is 6.42 Å². The summed E-state index contributed by atoms with van der Waals surface area (Å²) in [5, 5.41) is 7.66. The SMILES string of the molecule is Cn1nc(-c2cccnc2)c2c1NC(=O)CC2c1nc2ccccc2n1C. The minimum atomic E-state index is -0.171. The van der Waals surface area contributed by atoms with Crippen LogP contribution in [0.15, 0.2) is 48.8 Å². The fourth-order valence-corrected chi connectivity index (χ4v) is 3.90. The highest BCUT2D eigenvalue weighted by molar-refractivity contribution is 5.96. The van der Waals surface area contributed by atoms with Crippen molar-refractivity contribution in [2.24, 2.45) is 14.1 Å². The maximum Gasteiger partial charge on any atom is 0.226 e. The van der Waals surface area contributed by atoms with Crippen LogP contribution in [0, 0.1) is 0 Å². The Bertz CT molecular complexity index is 1170. The zero-order chi connectivity index (χ0) is 18.5. The molecule has 7 nitrogen and oxygen atoms in total. The standard InChI is InChI=1S/C20H18N6O/c1-25-15-8-4-3-7-14(15)22-19(25)13-10-16(27)23-20-17(13)18(24-26(20)2)12-6-5-9-21-11-12/h3-9,11,13H,10H2,1-2H3,(H,23,27). The van der Waals surface area contributed by atoms with E-state index in [1.807, 2.05) is 50.5 Å². The molecule has 1 N–H and O–H groups in total. The van der Waals surface area contributed by atoms with Gasteiger partial charge in [0.25, 0.3) is 0 Å². The number of anilines is 1. The van der Waals surface area contributed by atoms with Gasteiger partial charge in [-0.2, -0.15) is 5.10 Å². The Morgan fingerprint density at radius 2 is 2.00 bits per heavy atom. The number of aryl methyl sites for hydroxylation is 2. The van der Waals surface area contributed by atoms with E-state index in [0.717, 1.165) is 39.5 Å². The summed E-state index contributed by atoms with van der Waals surface area (Å²) in [5.74, 6) is 1.39. The molecule has 0 aliphatic carbocycles. The molecular weight excluding hydrogens is 340 g/mol. The molecule has 134 valence electrons. The molecule has 1 atom stereocenters. The predicted molar refractivity (Wildman–Crippen MR) is 102 cm³/mol. The molecule has 4 heterocycles. The average Bonchev–Trinajstić information content (AvgIpc) is 3.20. The van der Waals surface area contributed by atoms with Gasteiger partial charge in [-0.05, 0) is 24.3 Å². The van der Waals surface area contributed by atoms with Gasteiger partial charge in [0.2, 0.25) is 5.91 Å². The first-order valence-corrected chi connectivity index (χ1v) is 8.82. The molecule has 0 spiro atoms. The molecule has 0 saturated heterocycles. The van der Waals surface area contributed by atoms with Gasteiger partial charge >= 0.3 is 0 Å². The Morgan fingerprint density at radius 1 is 1.15 bits per heavy atom. The Kier molecular flexibility index (Phi) is 3.36. The van der Waals surface area contributed by atoms with Gasteiger partial charge in [-0.15, -0.1) is 0 Å². The lowest BCUT2D eigenvalue weighted by Gasteiger charge is -2.23. The number of nitrogens with one attached hydrogen (secondary N) is 1. The second-order valence-electron chi connectivity index (χ2n) is 6.80. The number of para-hydroxylation sites is 2. The smallest absolute Gasteiger partial charge is 0.226 e. The fraction of sp³-hybridized carbons (Fsp3) is 0.200. The van der Waals surface area contributed by atoms with Crippen molar-refractivity contribution < 1.29 is 4.79 Å². The quantitative estimate of drug-likeness (QED) is 0.598. The zero-order valence-electron chi connectivity index (χ0n) is 15.0. The van der Waals surface area contributed by atoms with Crippen molar-refractivity contribution in [3.8, 4) is 11.3 Å². The van der Waals surface area contributed by atoms with Gasteiger partial charge < -0.3 is 9.88 Å². The molecule has 0 fully saturated rings. The molecule has 0 radical (unpaired) electrons. The van der Waals surface area contributed by atoms with Crippen LogP contribution in [0.4, 0.5) is 5.82 Å². The van der Waals surface area contributed by atoms with E-state index in [4.69, 9.17) is 4.98 Å². The lowest BCUT2D eigenvalue weighted by atomic mass is 9.89. The van der Waals surface area contributed by atoms with E-state index in [9.17, 15) is 4.79 Å². The molecule has 7 heteroatoms. The van der Waals surface area contributed by atoms with Gasteiger partial charge in [0, 0.05) is 44.0 Å². The number of hydrogen-bond acceptors (Lipinski definition) is 4. The van der Waals surface area contributed by atoms with Crippen LogP contribution in [0.1, 0.15) is 23.7 Å². The molecule has 1 aromatic carbocycles. The Morgan fingerprint density at radius 3 is 2.78 bits per heavy atom. The first-order chi connectivity index (χ1) is 13.1. The molecular formula is C20H18N6O. The zero-order valence-corrected chi connectivity index (χ0v) is 15.0. The van der Waals surface area contributed by atoms with Crippen LogP contribution in [0.25, 0.3) is 22.3 Å². The highest BCUT2D eigenvalue weighted by Crippen LogP contribution is 2.42.